The molecule has 1 fully saturated rings. The zero-order valence-corrected chi connectivity index (χ0v) is 13.0. The average Bonchev–Trinajstić information content (AvgIpc) is 3.00. The van der Waals surface area contributed by atoms with Gasteiger partial charge in [-0.2, -0.15) is 0 Å². The molecule has 1 N–H and O–H groups in total. The van der Waals surface area contributed by atoms with Gasteiger partial charge in [0.2, 0.25) is 0 Å². The molecule has 2 unspecified atom stereocenters. The molecule has 0 bridgehead atoms. The Morgan fingerprint density at radius 3 is 2.67 bits per heavy atom. The molecule has 2 atom stereocenters. The number of anilines is 1. The van der Waals surface area contributed by atoms with Crippen molar-refractivity contribution in [3.63, 3.8) is 0 Å². The van der Waals surface area contributed by atoms with Crippen molar-refractivity contribution in [2.45, 2.75) is 25.5 Å². The second-order valence-electron chi connectivity index (χ2n) is 5.76. The van der Waals surface area contributed by atoms with E-state index in [-0.39, 0.29) is 11.7 Å². The van der Waals surface area contributed by atoms with Gasteiger partial charge in [-0.1, -0.05) is 6.07 Å². The van der Waals surface area contributed by atoms with Crippen LogP contribution < -0.4 is 5.32 Å². The van der Waals surface area contributed by atoms with Gasteiger partial charge in [0.25, 0.3) is 5.69 Å². The first-order chi connectivity index (χ1) is 11.5. The van der Waals surface area contributed by atoms with Crippen molar-refractivity contribution in [2.75, 3.05) is 11.9 Å². The summed E-state index contributed by atoms with van der Waals surface area (Å²) < 4.78 is 32.2. The molecule has 0 spiro atoms. The van der Waals surface area contributed by atoms with E-state index >= 15 is 0 Å². The quantitative estimate of drug-likeness (QED) is 0.675. The maximum absolute atomic E-state index is 13.5. The molecule has 1 aliphatic rings. The van der Waals surface area contributed by atoms with Gasteiger partial charge in [0, 0.05) is 24.4 Å². The smallest absolute Gasteiger partial charge is 0.269 e. The number of rotatable bonds is 4. The molecule has 0 aliphatic carbocycles. The number of nitrogens with one attached hydrogen (secondary N) is 1. The van der Waals surface area contributed by atoms with Gasteiger partial charge in [-0.05, 0) is 42.7 Å². The van der Waals surface area contributed by atoms with Gasteiger partial charge >= 0.3 is 0 Å². The van der Waals surface area contributed by atoms with Crippen molar-refractivity contribution in [3.8, 4) is 0 Å². The summed E-state index contributed by atoms with van der Waals surface area (Å²) in [4.78, 5) is 10.4. The molecule has 1 heterocycles. The van der Waals surface area contributed by atoms with Crippen LogP contribution in [0.4, 0.5) is 20.2 Å². The maximum Gasteiger partial charge on any atom is 0.269 e. The third-order valence-electron chi connectivity index (χ3n) is 4.13. The maximum atomic E-state index is 13.5. The molecule has 0 saturated carbocycles. The van der Waals surface area contributed by atoms with E-state index in [0.717, 1.165) is 23.4 Å². The lowest BCUT2D eigenvalue weighted by Crippen LogP contribution is -2.23. The fourth-order valence-electron chi connectivity index (χ4n) is 2.88. The van der Waals surface area contributed by atoms with Crippen LogP contribution in [0.25, 0.3) is 0 Å². The lowest BCUT2D eigenvalue weighted by atomic mass is 10.0. The van der Waals surface area contributed by atoms with Crippen LogP contribution in [0, 0.1) is 28.7 Å². The molecule has 0 radical (unpaired) electrons. The Bertz CT molecular complexity index is 782. The summed E-state index contributed by atoms with van der Waals surface area (Å²) in [5.74, 6) is -1.80. The van der Waals surface area contributed by atoms with Crippen LogP contribution in [0.1, 0.15) is 23.7 Å². The van der Waals surface area contributed by atoms with Crippen molar-refractivity contribution in [3.05, 3.63) is 69.3 Å². The van der Waals surface area contributed by atoms with Crippen molar-refractivity contribution in [1.29, 1.82) is 0 Å². The van der Waals surface area contributed by atoms with Crippen LogP contribution in [0.3, 0.4) is 0 Å². The van der Waals surface area contributed by atoms with Crippen LogP contribution >= 0.6 is 0 Å². The molecule has 7 heteroatoms. The Kier molecular flexibility index (Phi) is 4.44. The summed E-state index contributed by atoms with van der Waals surface area (Å²) in [6.45, 7) is 2.27. The third kappa shape index (κ3) is 3.21. The Balaban J connectivity index is 1.81. The topological polar surface area (TPSA) is 64.4 Å². The number of hydrogen-bond acceptors (Lipinski definition) is 4. The summed E-state index contributed by atoms with van der Waals surface area (Å²) in [7, 11) is 0. The molecule has 126 valence electrons. The lowest BCUT2D eigenvalue weighted by Gasteiger charge is -2.22. The number of non-ortho nitro benzene ring substituents is 1. The molecule has 24 heavy (non-hydrogen) atoms. The van der Waals surface area contributed by atoms with E-state index in [0.29, 0.717) is 18.6 Å². The fourth-order valence-corrected chi connectivity index (χ4v) is 2.88. The third-order valence-corrected chi connectivity index (χ3v) is 4.13. The first-order valence-electron chi connectivity index (χ1n) is 7.54. The summed E-state index contributed by atoms with van der Waals surface area (Å²) in [5, 5.41) is 14.1. The van der Waals surface area contributed by atoms with Gasteiger partial charge in [-0.25, -0.2) is 8.78 Å². The number of nitro groups is 1. The van der Waals surface area contributed by atoms with Crippen molar-refractivity contribution >= 4 is 11.4 Å². The Morgan fingerprint density at radius 2 is 2.00 bits per heavy atom. The zero-order valence-electron chi connectivity index (χ0n) is 13.0. The second-order valence-corrected chi connectivity index (χ2v) is 5.76. The zero-order chi connectivity index (χ0) is 17.3. The number of halogens is 2. The van der Waals surface area contributed by atoms with Crippen LogP contribution in [0.5, 0.6) is 0 Å². The molecule has 5 nitrogen and oxygen atoms in total. The Morgan fingerprint density at radius 1 is 1.21 bits per heavy atom. The minimum absolute atomic E-state index is 0.0258. The Labute approximate surface area is 137 Å². The number of hydrogen-bond donors (Lipinski definition) is 1. The summed E-state index contributed by atoms with van der Waals surface area (Å²) >= 11 is 0. The van der Waals surface area contributed by atoms with Crippen LogP contribution in [-0.4, -0.2) is 17.6 Å². The highest BCUT2D eigenvalue weighted by Gasteiger charge is 2.30. The molecular weight excluding hydrogens is 318 g/mol. The first kappa shape index (κ1) is 16.3. The molecule has 1 saturated heterocycles. The highest BCUT2D eigenvalue weighted by atomic mass is 19.2. The largest absolute Gasteiger partial charge is 0.379 e. The van der Waals surface area contributed by atoms with Crippen LogP contribution in [-0.2, 0) is 4.74 Å². The highest BCUT2D eigenvalue weighted by molar-refractivity contribution is 5.56. The Hall–Kier alpha value is -2.54. The van der Waals surface area contributed by atoms with Crippen molar-refractivity contribution in [2.24, 2.45) is 0 Å². The minimum atomic E-state index is -0.909. The van der Waals surface area contributed by atoms with Gasteiger partial charge < -0.3 is 10.1 Å². The summed E-state index contributed by atoms with van der Waals surface area (Å²) in [6.07, 6.45) is 0.287. The monoisotopic (exact) mass is 334 g/mol. The minimum Gasteiger partial charge on any atom is -0.379 e. The number of aryl methyl sites for hydroxylation is 1. The van der Waals surface area contributed by atoms with Gasteiger partial charge in [-0.3, -0.25) is 10.1 Å². The molecular formula is C17H16F2N2O3. The van der Waals surface area contributed by atoms with E-state index in [1.807, 2.05) is 0 Å². The van der Waals surface area contributed by atoms with Gasteiger partial charge in [-0.15, -0.1) is 0 Å². The van der Waals surface area contributed by atoms with Gasteiger partial charge in [0.15, 0.2) is 11.6 Å². The highest BCUT2D eigenvalue weighted by Crippen LogP contribution is 2.33. The number of ether oxygens (including phenoxy) is 1. The van der Waals surface area contributed by atoms with Crippen molar-refractivity contribution in [1.82, 2.24) is 0 Å². The standard InChI is InChI=1S/C17H16F2N2O3/c1-10-8-12(21(22)23)3-5-15(10)20-16-6-7-24-17(16)11-2-4-13(18)14(19)9-11/h2-5,8-9,16-17,20H,6-7H2,1H3. The van der Waals surface area contributed by atoms with E-state index in [4.69, 9.17) is 4.74 Å². The molecule has 3 rings (SSSR count). The lowest BCUT2D eigenvalue weighted by molar-refractivity contribution is -0.384. The number of nitrogens with zero attached hydrogens (tertiary/aromatic N) is 1. The predicted molar refractivity (Wildman–Crippen MR) is 84.9 cm³/mol. The number of nitro benzene ring substituents is 1. The molecule has 0 aromatic heterocycles. The van der Waals surface area contributed by atoms with E-state index in [1.54, 1.807) is 13.0 Å². The molecule has 2 aromatic rings. The SMILES string of the molecule is Cc1cc([N+](=O)[O-])ccc1NC1CCOC1c1ccc(F)c(F)c1. The van der Waals surface area contributed by atoms with Gasteiger partial charge in [0.1, 0.15) is 6.10 Å². The van der Waals surface area contributed by atoms with Crippen LogP contribution in [0.15, 0.2) is 36.4 Å². The van der Waals surface area contributed by atoms with E-state index in [1.165, 1.54) is 18.2 Å². The summed E-state index contributed by atoms with van der Waals surface area (Å²) in [5.41, 5.74) is 2.07. The molecule has 1 aliphatic heterocycles. The van der Waals surface area contributed by atoms with Crippen molar-refractivity contribution < 1.29 is 18.4 Å². The average molecular weight is 334 g/mol. The second kappa shape index (κ2) is 6.52. The van der Waals surface area contributed by atoms with E-state index in [2.05, 4.69) is 5.32 Å². The van der Waals surface area contributed by atoms with Crippen LogP contribution in [0.2, 0.25) is 0 Å². The first-order valence-corrected chi connectivity index (χ1v) is 7.54. The molecule has 2 aromatic carbocycles. The fraction of sp³-hybridized carbons (Fsp3) is 0.294. The molecule has 0 amide bonds. The number of benzene rings is 2. The normalized spacial score (nSPS) is 20.1. The van der Waals surface area contributed by atoms with Gasteiger partial charge in [0.05, 0.1) is 11.0 Å². The van der Waals surface area contributed by atoms with E-state index < -0.39 is 22.7 Å². The van der Waals surface area contributed by atoms with E-state index in [9.17, 15) is 18.9 Å². The predicted octanol–water partition coefficient (Wildman–Crippen LogP) is 4.12. The summed E-state index contributed by atoms with van der Waals surface area (Å²) in [6, 6.07) is 8.17.